The smallest absolute Gasteiger partial charge is 0.319 e. The van der Waals surface area contributed by atoms with Crippen molar-refractivity contribution in [3.05, 3.63) is 30.4 Å². The summed E-state index contributed by atoms with van der Waals surface area (Å²) in [6.07, 6.45) is 7.36. The third-order valence-corrected chi connectivity index (χ3v) is 3.37. The zero-order valence-electron chi connectivity index (χ0n) is 11.2. The molecule has 2 aliphatic rings. The van der Waals surface area contributed by atoms with Crippen molar-refractivity contribution in [2.75, 3.05) is 18.5 Å². The number of ether oxygens (including phenoxy) is 2. The third-order valence-electron chi connectivity index (χ3n) is 3.37. The monoisotopic (exact) mass is 274 g/mol. The van der Waals surface area contributed by atoms with Crippen LogP contribution in [0.4, 0.5) is 10.5 Å². The Bertz CT molecular complexity index is 528. The molecule has 2 N–H and O–H groups in total. The first-order chi connectivity index (χ1) is 9.81. The molecular formula is C15H18N2O3. The highest BCUT2D eigenvalue weighted by Gasteiger charge is 2.14. The first-order valence-electron chi connectivity index (χ1n) is 6.95. The van der Waals surface area contributed by atoms with Gasteiger partial charge in [-0.15, -0.1) is 0 Å². The fourth-order valence-corrected chi connectivity index (χ4v) is 2.39. The standard InChI is InChI=1S/C15H18N2O3/c18-15(16-11-4-2-1-3-5-11)17-12-6-7-13-14(10-12)20-9-8-19-13/h2,4,6-7,10-11H,1,3,5,8-9H2,(H2,16,17,18). The molecule has 1 atom stereocenters. The lowest BCUT2D eigenvalue weighted by Gasteiger charge is -2.20. The minimum absolute atomic E-state index is 0.126. The summed E-state index contributed by atoms with van der Waals surface area (Å²) in [6.45, 7) is 1.10. The zero-order chi connectivity index (χ0) is 13.8. The summed E-state index contributed by atoms with van der Waals surface area (Å²) < 4.78 is 10.9. The second-order valence-electron chi connectivity index (χ2n) is 4.92. The lowest BCUT2D eigenvalue weighted by atomic mass is 10.0. The normalized spacial score (nSPS) is 20.3. The van der Waals surface area contributed by atoms with Crippen LogP contribution in [0.1, 0.15) is 19.3 Å². The van der Waals surface area contributed by atoms with Crippen LogP contribution in [0.3, 0.4) is 0 Å². The maximum Gasteiger partial charge on any atom is 0.319 e. The number of hydrogen-bond donors (Lipinski definition) is 2. The Morgan fingerprint density at radius 1 is 1.20 bits per heavy atom. The second kappa shape index (κ2) is 5.86. The van der Waals surface area contributed by atoms with E-state index in [-0.39, 0.29) is 12.1 Å². The molecule has 0 saturated carbocycles. The van der Waals surface area contributed by atoms with Crippen molar-refractivity contribution in [3.63, 3.8) is 0 Å². The van der Waals surface area contributed by atoms with Gasteiger partial charge in [0.2, 0.25) is 0 Å². The molecule has 1 aliphatic carbocycles. The van der Waals surface area contributed by atoms with Crippen molar-refractivity contribution in [3.8, 4) is 11.5 Å². The molecule has 0 radical (unpaired) electrons. The van der Waals surface area contributed by atoms with E-state index in [9.17, 15) is 4.79 Å². The highest BCUT2D eigenvalue weighted by Crippen LogP contribution is 2.32. The predicted molar refractivity (Wildman–Crippen MR) is 76.4 cm³/mol. The number of fused-ring (bicyclic) bond motifs is 1. The van der Waals surface area contributed by atoms with Gasteiger partial charge in [0.25, 0.3) is 0 Å². The average Bonchev–Trinajstić information content (AvgIpc) is 2.48. The molecule has 0 spiro atoms. The van der Waals surface area contributed by atoms with E-state index in [4.69, 9.17) is 9.47 Å². The molecule has 0 fully saturated rings. The van der Waals surface area contributed by atoms with Gasteiger partial charge in [-0.2, -0.15) is 0 Å². The SMILES string of the molecule is O=C(Nc1ccc2c(c1)OCCO2)NC1C=CCCC1. The number of carbonyl (C=O) groups excluding carboxylic acids is 1. The molecule has 20 heavy (non-hydrogen) atoms. The minimum Gasteiger partial charge on any atom is -0.486 e. The molecule has 2 amide bonds. The number of nitrogens with one attached hydrogen (secondary N) is 2. The lowest BCUT2D eigenvalue weighted by Crippen LogP contribution is -2.37. The summed E-state index contributed by atoms with van der Waals surface area (Å²) in [7, 11) is 0. The highest BCUT2D eigenvalue weighted by molar-refractivity contribution is 5.90. The first kappa shape index (κ1) is 12.8. The maximum absolute atomic E-state index is 11.9. The number of allylic oxidation sites excluding steroid dienone is 1. The molecule has 5 nitrogen and oxygen atoms in total. The van der Waals surface area contributed by atoms with Gasteiger partial charge in [-0.25, -0.2) is 4.79 Å². The van der Waals surface area contributed by atoms with Crippen LogP contribution in [-0.4, -0.2) is 25.3 Å². The minimum atomic E-state index is -0.196. The quantitative estimate of drug-likeness (QED) is 0.815. The van der Waals surface area contributed by atoms with Gasteiger partial charge in [0.15, 0.2) is 11.5 Å². The number of carbonyl (C=O) groups is 1. The van der Waals surface area contributed by atoms with Gasteiger partial charge in [-0.05, 0) is 31.4 Å². The topological polar surface area (TPSA) is 59.6 Å². The molecule has 1 aromatic rings. The number of rotatable bonds is 2. The predicted octanol–water partition coefficient (Wildman–Crippen LogP) is 2.69. The summed E-state index contributed by atoms with van der Waals surface area (Å²) in [5.74, 6) is 1.39. The Morgan fingerprint density at radius 3 is 2.85 bits per heavy atom. The lowest BCUT2D eigenvalue weighted by molar-refractivity contribution is 0.171. The molecule has 3 rings (SSSR count). The first-order valence-corrected chi connectivity index (χ1v) is 6.95. The largest absolute Gasteiger partial charge is 0.486 e. The molecule has 1 aromatic carbocycles. The van der Waals surface area contributed by atoms with E-state index in [0.717, 1.165) is 25.0 Å². The summed E-state index contributed by atoms with van der Waals surface area (Å²) in [4.78, 5) is 11.9. The van der Waals surface area contributed by atoms with Gasteiger partial charge in [0.1, 0.15) is 13.2 Å². The van der Waals surface area contributed by atoms with E-state index >= 15 is 0 Å². The van der Waals surface area contributed by atoms with Gasteiger partial charge in [0.05, 0.1) is 0 Å². The summed E-state index contributed by atoms with van der Waals surface area (Å²) in [5.41, 5.74) is 0.700. The molecule has 1 aliphatic heterocycles. The fourth-order valence-electron chi connectivity index (χ4n) is 2.39. The molecule has 0 aromatic heterocycles. The van der Waals surface area contributed by atoms with Crippen LogP contribution in [0.5, 0.6) is 11.5 Å². The van der Waals surface area contributed by atoms with Crippen LogP contribution in [-0.2, 0) is 0 Å². The molecule has 1 unspecified atom stereocenters. The number of benzene rings is 1. The Kier molecular flexibility index (Phi) is 3.76. The van der Waals surface area contributed by atoms with E-state index in [1.165, 1.54) is 0 Å². The van der Waals surface area contributed by atoms with E-state index in [1.54, 1.807) is 6.07 Å². The Labute approximate surface area is 118 Å². The fraction of sp³-hybridized carbons (Fsp3) is 0.400. The van der Waals surface area contributed by atoms with Gasteiger partial charge in [-0.3, -0.25) is 0 Å². The number of hydrogen-bond acceptors (Lipinski definition) is 3. The van der Waals surface area contributed by atoms with Gasteiger partial charge in [-0.1, -0.05) is 12.2 Å². The average molecular weight is 274 g/mol. The molecule has 1 heterocycles. The van der Waals surface area contributed by atoms with Crippen LogP contribution in [0.15, 0.2) is 30.4 Å². The van der Waals surface area contributed by atoms with E-state index in [1.807, 2.05) is 18.2 Å². The Balaban J connectivity index is 1.60. The molecule has 0 bridgehead atoms. The van der Waals surface area contributed by atoms with Crippen LogP contribution in [0.2, 0.25) is 0 Å². The van der Waals surface area contributed by atoms with Gasteiger partial charge < -0.3 is 20.1 Å². The number of anilines is 1. The van der Waals surface area contributed by atoms with Gasteiger partial charge >= 0.3 is 6.03 Å². The van der Waals surface area contributed by atoms with Crippen molar-refractivity contribution in [2.45, 2.75) is 25.3 Å². The highest BCUT2D eigenvalue weighted by atomic mass is 16.6. The maximum atomic E-state index is 11.9. The summed E-state index contributed by atoms with van der Waals surface area (Å²) in [5, 5.41) is 5.76. The van der Waals surface area contributed by atoms with E-state index < -0.39 is 0 Å². The number of amides is 2. The second-order valence-corrected chi connectivity index (χ2v) is 4.92. The van der Waals surface area contributed by atoms with E-state index in [2.05, 4.69) is 16.7 Å². The zero-order valence-corrected chi connectivity index (χ0v) is 11.2. The molecule has 106 valence electrons. The van der Waals surface area contributed by atoms with Crippen molar-refractivity contribution < 1.29 is 14.3 Å². The van der Waals surface area contributed by atoms with Crippen LogP contribution in [0, 0.1) is 0 Å². The van der Waals surface area contributed by atoms with Crippen molar-refractivity contribution in [1.29, 1.82) is 0 Å². The summed E-state index contributed by atoms with van der Waals surface area (Å²) in [6, 6.07) is 5.33. The van der Waals surface area contributed by atoms with Crippen molar-refractivity contribution in [2.24, 2.45) is 0 Å². The number of urea groups is 1. The molecule has 5 heteroatoms. The Hall–Kier alpha value is -2.17. The van der Waals surface area contributed by atoms with Crippen LogP contribution < -0.4 is 20.1 Å². The molecular weight excluding hydrogens is 256 g/mol. The van der Waals surface area contributed by atoms with E-state index in [0.29, 0.717) is 24.7 Å². The van der Waals surface area contributed by atoms with Crippen molar-refractivity contribution in [1.82, 2.24) is 5.32 Å². The van der Waals surface area contributed by atoms with Crippen LogP contribution in [0.25, 0.3) is 0 Å². The van der Waals surface area contributed by atoms with Gasteiger partial charge in [0, 0.05) is 17.8 Å². The third kappa shape index (κ3) is 3.04. The van der Waals surface area contributed by atoms with Crippen molar-refractivity contribution >= 4 is 11.7 Å². The summed E-state index contributed by atoms with van der Waals surface area (Å²) >= 11 is 0. The molecule has 0 saturated heterocycles. The Morgan fingerprint density at radius 2 is 2.05 bits per heavy atom. The van der Waals surface area contributed by atoms with Crippen LogP contribution >= 0.6 is 0 Å².